The molecule has 0 spiro atoms. The molecule has 3 aliphatic rings. The number of fused-ring (bicyclic) bond motifs is 5. The third-order valence-corrected chi connectivity index (χ3v) is 8.85. The van der Waals surface area contributed by atoms with Crippen LogP contribution in [0.5, 0.6) is 0 Å². The fourth-order valence-electron chi connectivity index (χ4n) is 5.98. The molecule has 3 fully saturated rings. The molecule has 0 radical (unpaired) electrons. The summed E-state index contributed by atoms with van der Waals surface area (Å²) in [7, 11) is 0. The highest BCUT2D eigenvalue weighted by Gasteiger charge is 2.74. The van der Waals surface area contributed by atoms with E-state index in [-0.39, 0.29) is 18.0 Å². The van der Waals surface area contributed by atoms with E-state index in [1.807, 2.05) is 12.2 Å². The zero-order valence-corrected chi connectivity index (χ0v) is 22.9. The SMILES string of the molecule is CCC(C)C(=O)NCCC(F)(F)C(F)(F)C(F)(F)C(F)F.CCC(C)C(=O)OC1CC2CC1C1CCCCC21. The zero-order chi connectivity index (χ0) is 29.8. The molecule has 0 aromatic heterocycles. The zero-order valence-electron chi connectivity index (χ0n) is 22.9. The third kappa shape index (κ3) is 7.37. The Morgan fingerprint density at radius 1 is 0.872 bits per heavy atom. The van der Waals surface area contributed by atoms with Gasteiger partial charge in [-0.05, 0) is 62.2 Å². The van der Waals surface area contributed by atoms with Crippen LogP contribution in [0, 0.1) is 35.5 Å². The summed E-state index contributed by atoms with van der Waals surface area (Å²) in [5.74, 6) is -15.5. The van der Waals surface area contributed by atoms with Crippen LogP contribution in [-0.2, 0) is 14.3 Å². The molecule has 4 nitrogen and oxygen atoms in total. The second-order valence-electron chi connectivity index (χ2n) is 11.3. The van der Waals surface area contributed by atoms with Gasteiger partial charge in [-0.25, -0.2) is 8.78 Å². The Bertz CT molecular complexity index is 825. The fraction of sp³-hybridized carbons (Fsp3) is 0.926. The minimum Gasteiger partial charge on any atom is -0.462 e. The van der Waals surface area contributed by atoms with Gasteiger partial charge in [-0.1, -0.05) is 40.5 Å². The average molecular weight is 580 g/mol. The lowest BCUT2D eigenvalue weighted by Gasteiger charge is -2.38. The van der Waals surface area contributed by atoms with Crippen molar-refractivity contribution < 1.29 is 49.4 Å². The molecule has 2 bridgehead atoms. The van der Waals surface area contributed by atoms with Crippen LogP contribution in [0.3, 0.4) is 0 Å². The molecule has 7 unspecified atom stereocenters. The van der Waals surface area contributed by atoms with Crippen LogP contribution in [-0.4, -0.2) is 48.7 Å². The van der Waals surface area contributed by atoms with E-state index in [9.17, 15) is 44.7 Å². The highest BCUT2D eigenvalue weighted by atomic mass is 19.4. The monoisotopic (exact) mass is 579 g/mol. The molecule has 228 valence electrons. The molecule has 3 rings (SSSR count). The van der Waals surface area contributed by atoms with Crippen molar-refractivity contribution in [1.29, 1.82) is 0 Å². The fourth-order valence-corrected chi connectivity index (χ4v) is 5.98. The predicted molar refractivity (Wildman–Crippen MR) is 129 cm³/mol. The number of esters is 1. The molecule has 0 aromatic carbocycles. The van der Waals surface area contributed by atoms with Crippen molar-refractivity contribution in [1.82, 2.24) is 5.32 Å². The van der Waals surface area contributed by atoms with Crippen LogP contribution in [0.15, 0.2) is 0 Å². The molecule has 39 heavy (non-hydrogen) atoms. The lowest BCUT2D eigenvalue weighted by molar-refractivity contribution is -0.339. The van der Waals surface area contributed by atoms with Crippen LogP contribution < -0.4 is 5.32 Å². The third-order valence-electron chi connectivity index (χ3n) is 8.85. The molecular formula is C27H41F8NO3. The number of ether oxygens (including phenoxy) is 1. The van der Waals surface area contributed by atoms with E-state index in [4.69, 9.17) is 4.74 Å². The van der Waals surface area contributed by atoms with Crippen molar-refractivity contribution in [3.8, 4) is 0 Å². The van der Waals surface area contributed by atoms with E-state index in [0.29, 0.717) is 12.3 Å². The van der Waals surface area contributed by atoms with E-state index in [1.165, 1.54) is 39.0 Å². The quantitative estimate of drug-likeness (QED) is 0.204. The van der Waals surface area contributed by atoms with Gasteiger partial charge in [0.05, 0.1) is 5.92 Å². The molecular weight excluding hydrogens is 538 g/mol. The van der Waals surface area contributed by atoms with Crippen LogP contribution in [0.1, 0.15) is 85.5 Å². The smallest absolute Gasteiger partial charge is 0.377 e. The number of nitrogens with one attached hydrogen (secondary N) is 1. The first-order chi connectivity index (χ1) is 18.0. The summed E-state index contributed by atoms with van der Waals surface area (Å²) in [4.78, 5) is 23.1. The van der Waals surface area contributed by atoms with Gasteiger partial charge in [0.25, 0.3) is 0 Å². The highest BCUT2D eigenvalue weighted by Crippen LogP contribution is 2.58. The largest absolute Gasteiger partial charge is 0.462 e. The standard InChI is InChI=1S/C16H26O2.C11H15F8NO/c1-3-10(2)16(17)18-15-9-11-8-14(15)13-7-5-4-6-12(11)13;1-3-6(2)7(21)20-5-4-9(14,15)11(18,19)10(16,17)8(12)13/h10-15H,3-9H2,1-2H3;6,8H,3-5H2,1-2H3,(H,20,21). The number of carbonyl (C=O) groups excluding carboxylic acids is 2. The summed E-state index contributed by atoms with van der Waals surface area (Å²) in [6, 6.07) is 0. The molecule has 0 heterocycles. The maximum absolute atomic E-state index is 13.1. The van der Waals surface area contributed by atoms with Gasteiger partial charge in [0.2, 0.25) is 5.91 Å². The van der Waals surface area contributed by atoms with E-state index >= 15 is 0 Å². The molecule has 0 saturated heterocycles. The van der Waals surface area contributed by atoms with Gasteiger partial charge in [-0.2, -0.15) is 26.3 Å². The van der Waals surface area contributed by atoms with Gasteiger partial charge in [-0.3, -0.25) is 9.59 Å². The van der Waals surface area contributed by atoms with Crippen molar-refractivity contribution in [3.05, 3.63) is 0 Å². The highest BCUT2D eigenvalue weighted by molar-refractivity contribution is 5.78. The van der Waals surface area contributed by atoms with Gasteiger partial charge in [0, 0.05) is 18.9 Å². The average Bonchev–Trinajstić information content (AvgIpc) is 3.46. The molecule has 0 aliphatic heterocycles. The summed E-state index contributed by atoms with van der Waals surface area (Å²) >= 11 is 0. The van der Waals surface area contributed by atoms with Crippen molar-refractivity contribution >= 4 is 11.9 Å². The Kier molecular flexibility index (Phi) is 11.5. The number of carbonyl (C=O) groups is 2. The summed E-state index contributed by atoms with van der Waals surface area (Å²) < 4.78 is 106. The molecule has 1 N–H and O–H groups in total. The number of rotatable bonds is 11. The van der Waals surface area contributed by atoms with Gasteiger partial charge in [-0.15, -0.1) is 0 Å². The molecule has 3 aliphatic carbocycles. The van der Waals surface area contributed by atoms with E-state index in [1.54, 1.807) is 6.92 Å². The summed E-state index contributed by atoms with van der Waals surface area (Å²) in [5.41, 5.74) is 0. The Labute approximate surface area is 225 Å². The van der Waals surface area contributed by atoms with Crippen molar-refractivity contribution in [2.24, 2.45) is 35.5 Å². The maximum Gasteiger partial charge on any atom is 0.377 e. The summed E-state index contributed by atoms with van der Waals surface area (Å²) in [6.07, 6.45) is 2.85. The Morgan fingerprint density at radius 2 is 1.44 bits per heavy atom. The summed E-state index contributed by atoms with van der Waals surface area (Å²) in [5, 5.41) is 1.86. The first kappa shape index (κ1) is 33.6. The Morgan fingerprint density at radius 3 is 1.97 bits per heavy atom. The normalized spacial score (nSPS) is 28.3. The van der Waals surface area contributed by atoms with Crippen LogP contribution >= 0.6 is 0 Å². The van der Waals surface area contributed by atoms with Gasteiger partial charge in [0.15, 0.2) is 0 Å². The Hall–Kier alpha value is -1.62. The first-order valence-electron chi connectivity index (χ1n) is 13.9. The molecule has 0 aromatic rings. The van der Waals surface area contributed by atoms with Crippen molar-refractivity contribution in [2.75, 3.05) is 6.54 Å². The van der Waals surface area contributed by atoms with E-state index in [2.05, 4.69) is 6.92 Å². The topological polar surface area (TPSA) is 55.4 Å². The molecule has 12 heteroatoms. The number of hydrogen-bond donors (Lipinski definition) is 1. The van der Waals surface area contributed by atoms with Crippen LogP contribution in [0.25, 0.3) is 0 Å². The van der Waals surface area contributed by atoms with Crippen LogP contribution in [0.4, 0.5) is 35.1 Å². The number of alkyl halides is 8. The minimum absolute atomic E-state index is 0.0439. The van der Waals surface area contributed by atoms with Crippen molar-refractivity contribution in [2.45, 2.75) is 116 Å². The molecule has 3 saturated carbocycles. The lowest BCUT2D eigenvalue weighted by atomic mass is 9.70. The van der Waals surface area contributed by atoms with Crippen LogP contribution in [0.2, 0.25) is 0 Å². The van der Waals surface area contributed by atoms with Gasteiger partial charge >= 0.3 is 30.2 Å². The molecule has 1 amide bonds. The predicted octanol–water partition coefficient (Wildman–Crippen LogP) is 7.50. The second-order valence-corrected chi connectivity index (χ2v) is 11.3. The van der Waals surface area contributed by atoms with E-state index < -0.39 is 49.0 Å². The minimum atomic E-state index is -6.23. The maximum atomic E-state index is 13.1. The van der Waals surface area contributed by atoms with Crippen molar-refractivity contribution in [3.63, 3.8) is 0 Å². The Balaban J connectivity index is 0.000000275. The van der Waals surface area contributed by atoms with Gasteiger partial charge < -0.3 is 10.1 Å². The second kappa shape index (κ2) is 13.4. The van der Waals surface area contributed by atoms with Gasteiger partial charge in [0.1, 0.15) is 6.10 Å². The van der Waals surface area contributed by atoms with E-state index in [0.717, 1.165) is 30.6 Å². The first-order valence-corrected chi connectivity index (χ1v) is 13.9. The summed E-state index contributed by atoms with van der Waals surface area (Å²) in [6.45, 7) is 6.05. The number of halogens is 8. The lowest BCUT2D eigenvalue weighted by Crippen LogP contribution is -2.58. The number of hydrogen-bond acceptors (Lipinski definition) is 3. The molecule has 7 atom stereocenters. The number of amides is 1.